The standard InChI is InChI=1S/C11H17NO2S/c13-7-9(14)5-12-6-10-4-8-2-1-3-11(8)15-10/h4,9,12-14H,1-3,5-7H2/t9-/m0/s1. The molecule has 1 atom stereocenters. The Morgan fingerprint density at radius 2 is 2.33 bits per heavy atom. The first kappa shape index (κ1) is 11.1. The second-order valence-corrected chi connectivity index (χ2v) is 5.20. The van der Waals surface area contributed by atoms with Crippen LogP contribution in [0.5, 0.6) is 0 Å². The van der Waals surface area contributed by atoms with Crippen LogP contribution < -0.4 is 5.32 Å². The van der Waals surface area contributed by atoms with Crippen molar-refractivity contribution >= 4 is 11.3 Å². The highest BCUT2D eigenvalue weighted by atomic mass is 32.1. The molecule has 84 valence electrons. The minimum absolute atomic E-state index is 0.173. The molecule has 1 aromatic heterocycles. The van der Waals surface area contributed by atoms with Gasteiger partial charge in [0, 0.05) is 22.8 Å². The Hall–Kier alpha value is -0.420. The number of aryl methyl sites for hydroxylation is 2. The van der Waals surface area contributed by atoms with Gasteiger partial charge in [0.15, 0.2) is 0 Å². The first-order valence-electron chi connectivity index (χ1n) is 5.39. The van der Waals surface area contributed by atoms with E-state index in [0.717, 1.165) is 6.54 Å². The summed E-state index contributed by atoms with van der Waals surface area (Å²) in [5.41, 5.74) is 1.51. The zero-order valence-electron chi connectivity index (χ0n) is 8.70. The number of nitrogens with one attached hydrogen (secondary N) is 1. The lowest BCUT2D eigenvalue weighted by molar-refractivity contribution is 0.0943. The predicted molar refractivity (Wildman–Crippen MR) is 61.1 cm³/mol. The van der Waals surface area contributed by atoms with E-state index >= 15 is 0 Å². The lowest BCUT2D eigenvalue weighted by Crippen LogP contribution is -2.28. The molecule has 4 heteroatoms. The summed E-state index contributed by atoms with van der Waals surface area (Å²) in [6, 6.07) is 2.27. The van der Waals surface area contributed by atoms with Gasteiger partial charge in [-0.3, -0.25) is 0 Å². The van der Waals surface area contributed by atoms with Gasteiger partial charge in [0.05, 0.1) is 12.7 Å². The van der Waals surface area contributed by atoms with Crippen molar-refractivity contribution < 1.29 is 10.2 Å². The van der Waals surface area contributed by atoms with E-state index in [1.165, 1.54) is 34.6 Å². The number of aliphatic hydroxyl groups is 2. The molecule has 1 aliphatic carbocycles. The summed E-state index contributed by atoms with van der Waals surface area (Å²) < 4.78 is 0. The van der Waals surface area contributed by atoms with Crippen LogP contribution in [0.4, 0.5) is 0 Å². The van der Waals surface area contributed by atoms with Crippen LogP contribution in [-0.4, -0.2) is 29.5 Å². The Morgan fingerprint density at radius 1 is 1.47 bits per heavy atom. The van der Waals surface area contributed by atoms with E-state index < -0.39 is 6.10 Å². The molecule has 3 N–H and O–H groups in total. The quantitative estimate of drug-likeness (QED) is 0.693. The molecule has 0 amide bonds. The van der Waals surface area contributed by atoms with Crippen LogP contribution in [0.15, 0.2) is 6.07 Å². The zero-order chi connectivity index (χ0) is 10.7. The highest BCUT2D eigenvalue weighted by Gasteiger charge is 2.14. The SMILES string of the molecule is OC[C@@H](O)CNCc1cc2c(s1)CCC2. The molecule has 0 aromatic carbocycles. The van der Waals surface area contributed by atoms with Gasteiger partial charge in [0.25, 0.3) is 0 Å². The van der Waals surface area contributed by atoms with Crippen LogP contribution in [0.2, 0.25) is 0 Å². The average molecular weight is 227 g/mol. The fraction of sp³-hybridized carbons (Fsp3) is 0.636. The van der Waals surface area contributed by atoms with E-state index in [9.17, 15) is 0 Å². The summed E-state index contributed by atoms with van der Waals surface area (Å²) >= 11 is 1.87. The van der Waals surface area contributed by atoms with Gasteiger partial charge in [0.2, 0.25) is 0 Å². The molecule has 0 unspecified atom stereocenters. The van der Waals surface area contributed by atoms with Crippen LogP contribution in [0, 0.1) is 0 Å². The van der Waals surface area contributed by atoms with E-state index in [4.69, 9.17) is 10.2 Å². The number of hydrogen-bond donors (Lipinski definition) is 3. The predicted octanol–water partition coefficient (Wildman–Crippen LogP) is 0.680. The molecule has 0 radical (unpaired) electrons. The maximum Gasteiger partial charge on any atom is 0.0895 e. The molecule has 0 spiro atoms. The molecule has 0 fully saturated rings. The minimum Gasteiger partial charge on any atom is -0.394 e. The molecular formula is C11H17NO2S. The third kappa shape index (κ3) is 2.78. The van der Waals surface area contributed by atoms with Crippen molar-refractivity contribution in [1.82, 2.24) is 5.32 Å². The fourth-order valence-electron chi connectivity index (χ4n) is 1.90. The Bertz CT molecular complexity index is 303. The van der Waals surface area contributed by atoms with Gasteiger partial charge in [-0.15, -0.1) is 11.3 Å². The number of thiophene rings is 1. The molecule has 2 rings (SSSR count). The molecule has 1 aromatic rings. The van der Waals surface area contributed by atoms with Gasteiger partial charge in [-0.05, 0) is 30.9 Å². The van der Waals surface area contributed by atoms with Crippen LogP contribution in [0.1, 0.15) is 21.7 Å². The van der Waals surface area contributed by atoms with E-state index in [-0.39, 0.29) is 6.61 Å². The molecule has 1 aliphatic rings. The van der Waals surface area contributed by atoms with Crippen LogP contribution in [0.3, 0.4) is 0 Å². The maximum absolute atomic E-state index is 9.14. The van der Waals surface area contributed by atoms with E-state index in [1.807, 2.05) is 11.3 Å². The van der Waals surface area contributed by atoms with Crippen LogP contribution >= 0.6 is 11.3 Å². The van der Waals surface area contributed by atoms with E-state index in [1.54, 1.807) is 0 Å². The maximum atomic E-state index is 9.14. The summed E-state index contributed by atoms with van der Waals surface area (Å²) in [4.78, 5) is 2.87. The lowest BCUT2D eigenvalue weighted by Gasteiger charge is -2.07. The van der Waals surface area contributed by atoms with Gasteiger partial charge in [-0.1, -0.05) is 0 Å². The first-order valence-corrected chi connectivity index (χ1v) is 6.21. The Kier molecular flexibility index (Phi) is 3.75. The Balaban J connectivity index is 1.79. The topological polar surface area (TPSA) is 52.5 Å². The summed E-state index contributed by atoms with van der Waals surface area (Å²) in [6.07, 6.45) is 3.12. The molecular weight excluding hydrogens is 210 g/mol. The monoisotopic (exact) mass is 227 g/mol. The largest absolute Gasteiger partial charge is 0.394 e. The molecule has 0 saturated heterocycles. The van der Waals surface area contributed by atoms with Crippen molar-refractivity contribution in [3.8, 4) is 0 Å². The smallest absolute Gasteiger partial charge is 0.0895 e. The van der Waals surface area contributed by atoms with Crippen molar-refractivity contribution in [2.75, 3.05) is 13.2 Å². The third-order valence-electron chi connectivity index (χ3n) is 2.69. The lowest BCUT2D eigenvalue weighted by atomic mass is 10.2. The second-order valence-electron chi connectivity index (χ2n) is 3.98. The highest BCUT2D eigenvalue weighted by Crippen LogP contribution is 2.30. The normalized spacial score (nSPS) is 16.7. The number of rotatable bonds is 5. The van der Waals surface area contributed by atoms with E-state index in [2.05, 4.69) is 11.4 Å². The van der Waals surface area contributed by atoms with E-state index in [0.29, 0.717) is 6.54 Å². The van der Waals surface area contributed by atoms with Gasteiger partial charge >= 0.3 is 0 Å². The molecule has 3 nitrogen and oxygen atoms in total. The summed E-state index contributed by atoms with van der Waals surface area (Å²) in [5.74, 6) is 0. The summed E-state index contributed by atoms with van der Waals surface area (Å²) in [7, 11) is 0. The fourth-order valence-corrected chi connectivity index (χ4v) is 3.13. The van der Waals surface area contributed by atoms with Crippen LogP contribution in [0.25, 0.3) is 0 Å². The average Bonchev–Trinajstić information content (AvgIpc) is 2.77. The van der Waals surface area contributed by atoms with Gasteiger partial charge in [-0.25, -0.2) is 0 Å². The highest BCUT2D eigenvalue weighted by molar-refractivity contribution is 7.12. The first-order chi connectivity index (χ1) is 7.29. The van der Waals surface area contributed by atoms with Crippen molar-refractivity contribution in [3.63, 3.8) is 0 Å². The molecule has 15 heavy (non-hydrogen) atoms. The Labute approximate surface area is 93.8 Å². The summed E-state index contributed by atoms with van der Waals surface area (Å²) in [6.45, 7) is 1.09. The van der Waals surface area contributed by atoms with Crippen LogP contribution in [-0.2, 0) is 19.4 Å². The third-order valence-corrected chi connectivity index (χ3v) is 3.92. The molecule has 0 saturated carbocycles. The minimum atomic E-state index is -0.642. The van der Waals surface area contributed by atoms with Gasteiger partial charge in [-0.2, -0.15) is 0 Å². The number of fused-ring (bicyclic) bond motifs is 1. The van der Waals surface area contributed by atoms with Crippen molar-refractivity contribution in [2.45, 2.75) is 31.9 Å². The number of hydrogen-bond acceptors (Lipinski definition) is 4. The summed E-state index contributed by atoms with van der Waals surface area (Å²) in [5, 5.41) is 20.9. The van der Waals surface area contributed by atoms with Gasteiger partial charge in [0.1, 0.15) is 0 Å². The molecule has 1 heterocycles. The number of aliphatic hydroxyl groups excluding tert-OH is 2. The second kappa shape index (κ2) is 5.07. The van der Waals surface area contributed by atoms with Crippen molar-refractivity contribution in [3.05, 3.63) is 21.4 Å². The Morgan fingerprint density at radius 3 is 3.07 bits per heavy atom. The molecule has 0 aliphatic heterocycles. The van der Waals surface area contributed by atoms with Crippen molar-refractivity contribution in [1.29, 1.82) is 0 Å². The van der Waals surface area contributed by atoms with Gasteiger partial charge < -0.3 is 15.5 Å². The van der Waals surface area contributed by atoms with Crippen molar-refractivity contribution in [2.24, 2.45) is 0 Å². The zero-order valence-corrected chi connectivity index (χ0v) is 9.52. The molecule has 0 bridgehead atoms.